The quantitative estimate of drug-likeness (QED) is 0.315. The van der Waals surface area contributed by atoms with Gasteiger partial charge in [0.05, 0.1) is 33.5 Å². The molecule has 0 bridgehead atoms. The second kappa shape index (κ2) is 10.0. The Morgan fingerprint density at radius 1 is 0.688 bits per heavy atom. The number of aromatic nitrogens is 2. The lowest BCUT2D eigenvalue weighted by Crippen LogP contribution is -2.26. The Bertz CT molecular complexity index is 1210. The van der Waals surface area contributed by atoms with E-state index in [4.69, 9.17) is 9.97 Å². The van der Waals surface area contributed by atoms with Crippen LogP contribution in [0.15, 0.2) is 60.7 Å². The number of carbonyl (C=O) groups excluding carboxylic acids is 2. The van der Waals surface area contributed by atoms with Gasteiger partial charge in [0.2, 0.25) is 0 Å². The Kier molecular flexibility index (Phi) is 6.92. The molecule has 2 amide bonds. The lowest BCUT2D eigenvalue weighted by atomic mass is 10.0. The highest BCUT2D eigenvalue weighted by atomic mass is 32.1. The molecule has 162 valence electrons. The van der Waals surface area contributed by atoms with E-state index in [9.17, 15) is 9.59 Å². The molecule has 2 heterocycles. The minimum absolute atomic E-state index is 0.202. The Morgan fingerprint density at radius 2 is 1.09 bits per heavy atom. The van der Waals surface area contributed by atoms with Crippen molar-refractivity contribution in [2.24, 2.45) is 0 Å². The van der Waals surface area contributed by atoms with E-state index in [1.54, 1.807) is 12.1 Å². The van der Waals surface area contributed by atoms with Gasteiger partial charge in [0, 0.05) is 35.4 Å². The monoisotopic (exact) mass is 462 g/mol. The number of hydrogen-bond donors (Lipinski definition) is 4. The molecule has 6 nitrogen and oxygen atoms in total. The number of nitrogens with one attached hydrogen (secondary N) is 2. The van der Waals surface area contributed by atoms with Crippen molar-refractivity contribution in [3.63, 3.8) is 0 Å². The molecule has 2 aromatic carbocycles. The molecule has 0 spiro atoms. The lowest BCUT2D eigenvalue weighted by Gasteiger charge is -2.12. The number of amides is 2. The van der Waals surface area contributed by atoms with Gasteiger partial charge in [0.25, 0.3) is 11.8 Å². The average Bonchev–Trinajstić information content (AvgIpc) is 2.84. The van der Waals surface area contributed by atoms with E-state index in [1.807, 2.05) is 48.5 Å². The van der Waals surface area contributed by atoms with Crippen molar-refractivity contribution < 1.29 is 9.59 Å². The van der Waals surface area contributed by atoms with Crippen LogP contribution in [-0.2, 0) is 0 Å². The molecule has 8 heteroatoms. The summed E-state index contributed by atoms with van der Waals surface area (Å²) in [6.07, 6.45) is 0. The first-order valence-electron chi connectivity index (χ1n) is 10.2. The first kappa shape index (κ1) is 22.1. The second-order valence-electron chi connectivity index (χ2n) is 7.10. The highest BCUT2D eigenvalue weighted by Crippen LogP contribution is 2.27. The van der Waals surface area contributed by atoms with Crippen LogP contribution in [0.4, 0.5) is 0 Å². The number of fused-ring (bicyclic) bond motifs is 2. The van der Waals surface area contributed by atoms with Gasteiger partial charge in [-0.15, -0.1) is 0 Å². The summed E-state index contributed by atoms with van der Waals surface area (Å²) >= 11 is 8.34. The maximum atomic E-state index is 12.8. The molecule has 0 unspecified atom stereocenters. The molecule has 32 heavy (non-hydrogen) atoms. The van der Waals surface area contributed by atoms with E-state index >= 15 is 0 Å². The minimum Gasteiger partial charge on any atom is -0.351 e. The van der Waals surface area contributed by atoms with E-state index in [1.165, 1.54) is 0 Å². The Hall–Kier alpha value is -3.10. The summed E-state index contributed by atoms with van der Waals surface area (Å²) < 4.78 is 0. The van der Waals surface area contributed by atoms with Crippen LogP contribution in [0.25, 0.3) is 33.2 Å². The van der Waals surface area contributed by atoms with Crippen molar-refractivity contribution in [1.82, 2.24) is 20.6 Å². The Balaban J connectivity index is 1.89. The maximum Gasteiger partial charge on any atom is 0.252 e. The molecule has 2 aromatic heterocycles. The van der Waals surface area contributed by atoms with Crippen LogP contribution in [0.1, 0.15) is 20.7 Å². The van der Waals surface area contributed by atoms with Crippen LogP contribution in [0.2, 0.25) is 0 Å². The summed E-state index contributed by atoms with van der Waals surface area (Å²) in [5.74, 6) is 0.676. The zero-order valence-electron chi connectivity index (χ0n) is 17.2. The highest BCUT2D eigenvalue weighted by molar-refractivity contribution is 7.80. The highest BCUT2D eigenvalue weighted by Gasteiger charge is 2.17. The van der Waals surface area contributed by atoms with Crippen molar-refractivity contribution in [1.29, 1.82) is 0 Å². The standard InChI is InChI=1S/C24H22N4O2S2/c29-23(25-9-11-31)17-13-21(27-19-7-3-1-5-15(17)19)22-14-18(24(30)26-10-12-32)16-6-2-4-8-20(16)28-22/h1-8,13-14,31-32H,9-12H2,(H,25,29)(H,26,30). The normalized spacial score (nSPS) is 10.9. The van der Waals surface area contributed by atoms with Crippen molar-refractivity contribution >= 4 is 58.9 Å². The minimum atomic E-state index is -0.202. The number of hydrogen-bond acceptors (Lipinski definition) is 6. The summed E-state index contributed by atoms with van der Waals surface area (Å²) in [6.45, 7) is 0.912. The number of carbonyl (C=O) groups is 2. The first-order valence-corrected chi connectivity index (χ1v) is 11.5. The van der Waals surface area contributed by atoms with Crippen LogP contribution in [0, 0.1) is 0 Å². The van der Waals surface area contributed by atoms with Gasteiger partial charge in [-0.3, -0.25) is 9.59 Å². The molecular formula is C24H22N4O2S2. The van der Waals surface area contributed by atoms with Crippen LogP contribution in [0.5, 0.6) is 0 Å². The van der Waals surface area contributed by atoms with Gasteiger partial charge in [-0.2, -0.15) is 25.3 Å². The van der Waals surface area contributed by atoms with Gasteiger partial charge in [-0.25, -0.2) is 9.97 Å². The fraction of sp³-hybridized carbons (Fsp3) is 0.167. The molecule has 0 aliphatic heterocycles. The fourth-order valence-electron chi connectivity index (χ4n) is 3.52. The van der Waals surface area contributed by atoms with Gasteiger partial charge in [-0.1, -0.05) is 36.4 Å². The number of thiol groups is 2. The molecule has 0 aliphatic rings. The van der Waals surface area contributed by atoms with Crippen LogP contribution in [-0.4, -0.2) is 46.4 Å². The summed E-state index contributed by atoms with van der Waals surface area (Å²) in [5.41, 5.74) is 3.41. The third-order valence-electron chi connectivity index (χ3n) is 4.98. The predicted molar refractivity (Wildman–Crippen MR) is 135 cm³/mol. The smallest absolute Gasteiger partial charge is 0.252 e. The van der Waals surface area contributed by atoms with Crippen molar-refractivity contribution in [2.45, 2.75) is 0 Å². The molecule has 4 rings (SSSR count). The van der Waals surface area contributed by atoms with Gasteiger partial charge in [-0.05, 0) is 24.3 Å². The Morgan fingerprint density at radius 3 is 1.50 bits per heavy atom. The van der Waals surface area contributed by atoms with E-state index in [2.05, 4.69) is 35.9 Å². The molecule has 0 aliphatic carbocycles. The third-order valence-corrected chi connectivity index (χ3v) is 5.43. The SMILES string of the molecule is O=C(NCCS)c1cc(-c2cc(C(=O)NCCS)c3ccccc3n2)nc2ccccc12. The molecular weight excluding hydrogens is 440 g/mol. The number of nitrogens with zero attached hydrogens (tertiary/aromatic N) is 2. The van der Waals surface area contributed by atoms with Gasteiger partial charge >= 0.3 is 0 Å². The molecule has 0 saturated heterocycles. The number of pyridine rings is 2. The lowest BCUT2D eigenvalue weighted by molar-refractivity contribution is 0.0949. The molecule has 4 aromatic rings. The van der Waals surface area contributed by atoms with Crippen LogP contribution in [0.3, 0.4) is 0 Å². The molecule has 0 atom stereocenters. The molecule has 0 fully saturated rings. The van der Waals surface area contributed by atoms with Crippen molar-refractivity contribution in [3.8, 4) is 11.4 Å². The number of benzene rings is 2. The summed E-state index contributed by atoms with van der Waals surface area (Å²) in [7, 11) is 0. The third kappa shape index (κ3) is 4.56. The maximum absolute atomic E-state index is 12.8. The van der Waals surface area contributed by atoms with E-state index in [0.717, 1.165) is 10.8 Å². The molecule has 0 saturated carbocycles. The predicted octanol–water partition coefficient (Wildman–Crippen LogP) is 3.77. The van der Waals surface area contributed by atoms with Crippen molar-refractivity contribution in [3.05, 3.63) is 71.8 Å². The topological polar surface area (TPSA) is 84.0 Å². The van der Waals surface area contributed by atoms with E-state index < -0.39 is 0 Å². The van der Waals surface area contributed by atoms with Gasteiger partial charge in [0.1, 0.15) is 0 Å². The average molecular weight is 463 g/mol. The zero-order valence-corrected chi connectivity index (χ0v) is 19.0. The van der Waals surface area contributed by atoms with E-state index in [0.29, 0.717) is 58.1 Å². The molecule has 0 radical (unpaired) electrons. The summed E-state index contributed by atoms with van der Waals surface area (Å²) in [5, 5.41) is 7.23. The van der Waals surface area contributed by atoms with Gasteiger partial charge in [0.15, 0.2) is 0 Å². The van der Waals surface area contributed by atoms with E-state index in [-0.39, 0.29) is 11.8 Å². The van der Waals surface area contributed by atoms with Crippen LogP contribution < -0.4 is 10.6 Å². The largest absolute Gasteiger partial charge is 0.351 e. The Labute approximate surface area is 196 Å². The van der Waals surface area contributed by atoms with Crippen molar-refractivity contribution in [2.75, 3.05) is 24.6 Å². The zero-order chi connectivity index (χ0) is 22.5. The fourth-order valence-corrected chi connectivity index (χ4v) is 3.74. The summed E-state index contributed by atoms with van der Waals surface area (Å²) in [4.78, 5) is 35.2. The number of rotatable bonds is 7. The second-order valence-corrected chi connectivity index (χ2v) is 8.00. The van der Waals surface area contributed by atoms with Gasteiger partial charge < -0.3 is 10.6 Å². The van der Waals surface area contributed by atoms with Crippen LogP contribution >= 0.6 is 25.3 Å². The molecule has 2 N–H and O–H groups in total. The number of para-hydroxylation sites is 2. The first-order chi connectivity index (χ1) is 15.6. The summed E-state index contributed by atoms with van der Waals surface area (Å²) in [6, 6.07) is 18.4.